The van der Waals surface area contributed by atoms with Gasteiger partial charge < -0.3 is 15.4 Å². The van der Waals surface area contributed by atoms with Crippen LogP contribution in [0.25, 0.3) is 0 Å². The number of para-hydroxylation sites is 1. The lowest BCUT2D eigenvalue weighted by atomic mass is 10.0. The Morgan fingerprint density at radius 3 is 2.76 bits per heavy atom. The van der Waals surface area contributed by atoms with E-state index in [2.05, 4.69) is 35.0 Å². The average molecular weight is 281 g/mol. The van der Waals surface area contributed by atoms with Crippen molar-refractivity contribution in [2.45, 2.75) is 13.0 Å². The zero-order chi connectivity index (χ0) is 14.8. The molecule has 21 heavy (non-hydrogen) atoms. The summed E-state index contributed by atoms with van der Waals surface area (Å²) >= 11 is 0. The lowest BCUT2D eigenvalue weighted by Gasteiger charge is -2.28. The molecular weight excluding hydrogens is 262 g/mol. The maximum atomic E-state index is 6.12. The molecule has 1 heterocycles. The van der Waals surface area contributed by atoms with Crippen LogP contribution >= 0.6 is 0 Å². The smallest absolute Gasteiger partial charge is 0.196 e. The number of nitrogens with two attached hydrogens (primary N) is 1. The van der Waals surface area contributed by atoms with Gasteiger partial charge >= 0.3 is 0 Å². The van der Waals surface area contributed by atoms with E-state index in [0.29, 0.717) is 12.5 Å². The lowest BCUT2D eigenvalue weighted by Crippen LogP contribution is -2.36. The molecule has 0 aliphatic carbocycles. The van der Waals surface area contributed by atoms with E-state index in [9.17, 15) is 0 Å². The van der Waals surface area contributed by atoms with Gasteiger partial charge in [0.05, 0.1) is 19.7 Å². The Morgan fingerprint density at radius 2 is 2.00 bits per heavy atom. The van der Waals surface area contributed by atoms with Crippen LogP contribution in [0, 0.1) is 6.92 Å². The zero-order valence-electron chi connectivity index (χ0n) is 12.3. The van der Waals surface area contributed by atoms with Crippen LogP contribution in [0.15, 0.2) is 53.5 Å². The Balaban J connectivity index is 2.01. The first-order chi connectivity index (χ1) is 10.2. The molecule has 108 valence electrons. The SMILES string of the molecule is COc1cccc(C2CN=C(N)N2c2ccccc2C)c1. The van der Waals surface area contributed by atoms with Gasteiger partial charge in [0.2, 0.25) is 0 Å². The normalized spacial score (nSPS) is 17.7. The van der Waals surface area contributed by atoms with Gasteiger partial charge in [-0.1, -0.05) is 30.3 Å². The number of aryl methyl sites for hydroxylation is 1. The summed E-state index contributed by atoms with van der Waals surface area (Å²) in [5.41, 5.74) is 9.56. The van der Waals surface area contributed by atoms with Crippen LogP contribution in [0.2, 0.25) is 0 Å². The molecule has 4 heteroatoms. The minimum atomic E-state index is 0.112. The molecule has 0 amide bonds. The number of aliphatic imine (C=N–C) groups is 1. The predicted octanol–water partition coefficient (Wildman–Crippen LogP) is 2.88. The minimum absolute atomic E-state index is 0.112. The van der Waals surface area contributed by atoms with E-state index < -0.39 is 0 Å². The number of benzene rings is 2. The van der Waals surface area contributed by atoms with Crippen molar-refractivity contribution in [1.82, 2.24) is 0 Å². The number of methoxy groups -OCH3 is 1. The van der Waals surface area contributed by atoms with Crippen LogP contribution in [0.1, 0.15) is 17.2 Å². The summed E-state index contributed by atoms with van der Waals surface area (Å²) in [7, 11) is 1.68. The maximum absolute atomic E-state index is 6.12. The largest absolute Gasteiger partial charge is 0.497 e. The summed E-state index contributed by atoms with van der Waals surface area (Å²) < 4.78 is 5.32. The molecule has 2 N–H and O–H groups in total. The van der Waals surface area contributed by atoms with E-state index in [-0.39, 0.29) is 6.04 Å². The van der Waals surface area contributed by atoms with Crippen molar-refractivity contribution in [3.8, 4) is 5.75 Å². The van der Waals surface area contributed by atoms with Crippen molar-refractivity contribution in [2.24, 2.45) is 10.7 Å². The molecule has 2 aromatic carbocycles. The molecular formula is C17H19N3O. The second-order valence-corrected chi connectivity index (χ2v) is 5.15. The van der Waals surface area contributed by atoms with Crippen molar-refractivity contribution in [1.29, 1.82) is 0 Å². The number of nitrogens with zero attached hydrogens (tertiary/aromatic N) is 2. The fourth-order valence-electron chi connectivity index (χ4n) is 2.73. The van der Waals surface area contributed by atoms with Gasteiger partial charge in [0.25, 0.3) is 0 Å². The molecule has 3 rings (SSSR count). The molecule has 0 fully saturated rings. The van der Waals surface area contributed by atoms with Crippen molar-refractivity contribution in [3.63, 3.8) is 0 Å². The number of hydrogen-bond acceptors (Lipinski definition) is 4. The summed E-state index contributed by atoms with van der Waals surface area (Å²) in [6, 6.07) is 16.4. The molecule has 0 aromatic heterocycles. The standard InChI is InChI=1S/C17H19N3O/c1-12-6-3-4-9-15(12)20-16(11-19-17(20)18)13-7-5-8-14(10-13)21-2/h3-10,16H,11H2,1-2H3,(H2,18,19). The number of anilines is 1. The first-order valence-corrected chi connectivity index (χ1v) is 6.99. The van der Waals surface area contributed by atoms with E-state index in [1.165, 1.54) is 5.56 Å². The highest BCUT2D eigenvalue weighted by Gasteiger charge is 2.29. The van der Waals surface area contributed by atoms with Crippen molar-refractivity contribution < 1.29 is 4.74 Å². The second kappa shape index (κ2) is 5.48. The first kappa shape index (κ1) is 13.5. The quantitative estimate of drug-likeness (QED) is 0.941. The summed E-state index contributed by atoms with van der Waals surface area (Å²) in [6.45, 7) is 2.75. The minimum Gasteiger partial charge on any atom is -0.497 e. The van der Waals surface area contributed by atoms with Gasteiger partial charge in [-0.05, 0) is 36.2 Å². The van der Waals surface area contributed by atoms with Gasteiger partial charge in [0.1, 0.15) is 5.75 Å². The topological polar surface area (TPSA) is 50.9 Å². The molecule has 1 aliphatic rings. The van der Waals surface area contributed by atoms with Gasteiger partial charge in [-0.25, -0.2) is 0 Å². The molecule has 0 bridgehead atoms. The number of rotatable bonds is 3. The van der Waals surface area contributed by atoms with Crippen LogP contribution < -0.4 is 15.4 Å². The lowest BCUT2D eigenvalue weighted by molar-refractivity contribution is 0.414. The first-order valence-electron chi connectivity index (χ1n) is 6.99. The average Bonchev–Trinajstić information content (AvgIpc) is 2.89. The van der Waals surface area contributed by atoms with E-state index in [0.717, 1.165) is 17.0 Å². The van der Waals surface area contributed by atoms with Crippen molar-refractivity contribution in [2.75, 3.05) is 18.6 Å². The molecule has 2 aromatic rings. The van der Waals surface area contributed by atoms with Crippen molar-refractivity contribution in [3.05, 3.63) is 59.7 Å². The number of ether oxygens (including phenoxy) is 1. The maximum Gasteiger partial charge on any atom is 0.196 e. The fourth-order valence-corrected chi connectivity index (χ4v) is 2.73. The Morgan fingerprint density at radius 1 is 1.19 bits per heavy atom. The van der Waals surface area contributed by atoms with Gasteiger partial charge in [0.15, 0.2) is 5.96 Å². The van der Waals surface area contributed by atoms with Crippen LogP contribution in [0.4, 0.5) is 5.69 Å². The summed E-state index contributed by atoms with van der Waals surface area (Å²) in [6.07, 6.45) is 0. The molecule has 0 spiro atoms. The van der Waals surface area contributed by atoms with Gasteiger partial charge in [0, 0.05) is 5.69 Å². The monoisotopic (exact) mass is 281 g/mol. The van der Waals surface area contributed by atoms with Gasteiger partial charge in [-0.2, -0.15) is 0 Å². The molecule has 4 nitrogen and oxygen atoms in total. The van der Waals surface area contributed by atoms with Crippen LogP contribution in [-0.4, -0.2) is 19.6 Å². The molecule has 1 unspecified atom stereocenters. The van der Waals surface area contributed by atoms with E-state index in [1.54, 1.807) is 7.11 Å². The van der Waals surface area contributed by atoms with Crippen LogP contribution in [0.3, 0.4) is 0 Å². The molecule has 1 aliphatic heterocycles. The Kier molecular flexibility index (Phi) is 3.52. The van der Waals surface area contributed by atoms with Gasteiger partial charge in [-0.15, -0.1) is 0 Å². The Bertz CT molecular complexity index is 681. The zero-order valence-corrected chi connectivity index (χ0v) is 12.3. The predicted molar refractivity (Wildman–Crippen MR) is 85.9 cm³/mol. The second-order valence-electron chi connectivity index (χ2n) is 5.15. The Hall–Kier alpha value is -2.49. The third kappa shape index (κ3) is 2.44. The van der Waals surface area contributed by atoms with E-state index in [4.69, 9.17) is 10.5 Å². The molecule has 0 radical (unpaired) electrons. The number of guanidine groups is 1. The third-order valence-corrected chi connectivity index (χ3v) is 3.84. The summed E-state index contributed by atoms with van der Waals surface area (Å²) in [4.78, 5) is 6.53. The van der Waals surface area contributed by atoms with Crippen LogP contribution in [0.5, 0.6) is 5.75 Å². The summed E-state index contributed by atoms with van der Waals surface area (Å²) in [5, 5.41) is 0. The van der Waals surface area contributed by atoms with Crippen molar-refractivity contribution >= 4 is 11.6 Å². The van der Waals surface area contributed by atoms with Crippen LogP contribution in [-0.2, 0) is 0 Å². The Labute approximate surface area is 124 Å². The fraction of sp³-hybridized carbons (Fsp3) is 0.235. The summed E-state index contributed by atoms with van der Waals surface area (Å²) in [5.74, 6) is 1.42. The third-order valence-electron chi connectivity index (χ3n) is 3.84. The highest BCUT2D eigenvalue weighted by Crippen LogP contribution is 2.33. The molecule has 0 saturated carbocycles. The number of hydrogen-bond donors (Lipinski definition) is 1. The molecule has 1 atom stereocenters. The van der Waals surface area contributed by atoms with Gasteiger partial charge in [-0.3, -0.25) is 4.99 Å². The van der Waals surface area contributed by atoms with E-state index in [1.807, 2.05) is 30.3 Å². The molecule has 0 saturated heterocycles. The highest BCUT2D eigenvalue weighted by atomic mass is 16.5. The highest BCUT2D eigenvalue weighted by molar-refractivity contribution is 5.98. The van der Waals surface area contributed by atoms with E-state index >= 15 is 0 Å².